The smallest absolute Gasteiger partial charge is 0.143 e. The number of benzene rings is 18. The molecular formula is C108H72N4O. The molecule has 0 aliphatic rings. The van der Waals surface area contributed by atoms with Crippen molar-refractivity contribution in [3.05, 3.63) is 437 Å². The zero-order chi connectivity index (χ0) is 74.7. The molecule has 113 heavy (non-hydrogen) atoms. The second kappa shape index (κ2) is 28.2. The van der Waals surface area contributed by atoms with E-state index in [0.717, 1.165) is 145 Å². The minimum absolute atomic E-state index is 0.899. The van der Waals surface area contributed by atoms with Gasteiger partial charge in [-0.25, -0.2) is 0 Å². The molecule has 21 aromatic rings. The molecule has 0 spiro atoms. The fourth-order valence-corrected chi connectivity index (χ4v) is 17.1. The van der Waals surface area contributed by atoms with E-state index in [9.17, 15) is 0 Å². The number of anilines is 6. The Morgan fingerprint density at radius 2 is 0.540 bits per heavy atom. The van der Waals surface area contributed by atoms with Gasteiger partial charge in [0.15, 0.2) is 0 Å². The van der Waals surface area contributed by atoms with Gasteiger partial charge in [-0.2, -0.15) is 0 Å². The molecule has 0 amide bonds. The van der Waals surface area contributed by atoms with E-state index < -0.39 is 0 Å². The Morgan fingerprint density at radius 1 is 0.186 bits per heavy atom. The van der Waals surface area contributed by atoms with E-state index in [-0.39, 0.29) is 0 Å². The van der Waals surface area contributed by atoms with E-state index in [1.807, 2.05) is 12.1 Å². The van der Waals surface area contributed by atoms with Crippen molar-refractivity contribution in [3.8, 4) is 100 Å². The molecule has 0 N–H and O–H groups in total. The van der Waals surface area contributed by atoms with Crippen LogP contribution in [-0.2, 0) is 0 Å². The fourth-order valence-electron chi connectivity index (χ4n) is 17.1. The maximum absolute atomic E-state index is 6.45. The number of hydrogen-bond donors (Lipinski definition) is 0. The monoisotopic (exact) mass is 1440 g/mol. The first-order chi connectivity index (χ1) is 56.0. The summed E-state index contributed by atoms with van der Waals surface area (Å²) in [6.07, 6.45) is 0. The minimum atomic E-state index is 0.899. The van der Waals surface area contributed by atoms with Crippen molar-refractivity contribution in [1.29, 1.82) is 0 Å². The third-order valence-corrected chi connectivity index (χ3v) is 22.6. The van der Waals surface area contributed by atoms with E-state index in [2.05, 4.69) is 444 Å². The molecule has 0 fully saturated rings. The van der Waals surface area contributed by atoms with Gasteiger partial charge >= 0.3 is 0 Å². The first-order valence-corrected chi connectivity index (χ1v) is 38.7. The van der Waals surface area contributed by atoms with Gasteiger partial charge in [0.25, 0.3) is 0 Å². The van der Waals surface area contributed by atoms with Gasteiger partial charge in [0, 0.05) is 88.8 Å². The maximum Gasteiger partial charge on any atom is 0.143 e. The summed E-state index contributed by atoms with van der Waals surface area (Å²) in [6.45, 7) is 0. The molecule has 3 heterocycles. The lowest BCUT2D eigenvalue weighted by Crippen LogP contribution is -2.09. The van der Waals surface area contributed by atoms with E-state index in [0.29, 0.717) is 0 Å². The Labute approximate surface area is 655 Å². The van der Waals surface area contributed by atoms with Crippen molar-refractivity contribution in [2.75, 3.05) is 9.80 Å². The summed E-state index contributed by atoms with van der Waals surface area (Å²) in [5.41, 5.74) is 33.6. The van der Waals surface area contributed by atoms with Crippen LogP contribution in [0.5, 0.6) is 0 Å². The Hall–Kier alpha value is -15.0. The molecule has 0 bridgehead atoms. The maximum atomic E-state index is 6.45. The van der Waals surface area contributed by atoms with E-state index >= 15 is 0 Å². The van der Waals surface area contributed by atoms with Crippen LogP contribution in [0, 0.1) is 0 Å². The average Bonchev–Trinajstić information content (AvgIpc) is 1.59. The van der Waals surface area contributed by atoms with Crippen molar-refractivity contribution in [1.82, 2.24) is 9.13 Å². The highest BCUT2D eigenvalue weighted by atomic mass is 16.3. The number of aromatic nitrogens is 2. The lowest BCUT2D eigenvalue weighted by molar-refractivity contribution is 0.670. The number of rotatable bonds is 16. The highest BCUT2D eigenvalue weighted by Gasteiger charge is 2.23. The van der Waals surface area contributed by atoms with Gasteiger partial charge in [0.05, 0.1) is 27.8 Å². The highest BCUT2D eigenvalue weighted by molar-refractivity contribution is 6.15. The van der Waals surface area contributed by atoms with Gasteiger partial charge in [-0.1, -0.05) is 309 Å². The average molecular weight is 1440 g/mol. The molecule has 0 atom stereocenters. The van der Waals surface area contributed by atoms with Crippen molar-refractivity contribution >= 4 is 99.7 Å². The zero-order valence-corrected chi connectivity index (χ0v) is 61.8. The molecule has 0 saturated heterocycles. The van der Waals surface area contributed by atoms with Crippen LogP contribution in [0.3, 0.4) is 0 Å². The van der Waals surface area contributed by atoms with Crippen LogP contribution in [0.25, 0.3) is 166 Å². The van der Waals surface area contributed by atoms with Gasteiger partial charge in [0.1, 0.15) is 11.2 Å². The molecule has 0 aliphatic heterocycles. The lowest BCUT2D eigenvalue weighted by Gasteiger charge is -2.26. The molecule has 5 heteroatoms. The van der Waals surface area contributed by atoms with E-state index in [1.165, 1.54) is 54.9 Å². The summed E-state index contributed by atoms with van der Waals surface area (Å²) in [5, 5.41) is 7.09. The lowest BCUT2D eigenvalue weighted by atomic mass is 9.96. The standard InChI is InChI=1S/C108H72N4O/c1-4-22-73(23-5-1)76-48-59-88(60-49-76)110(89-61-50-77(51-62-89)74-24-6-2-7-25-74)90-65-54-79(55-66-90)83-27-19-31-92(71-83)111-103-41-15-11-33-96(103)99-38-20-36-94(107(99)111)85-28-18-26-82(70-85)84-58-69-105-101(72-84)97-34-12-16-42-104(97)112(105)102-40-14-10-32-93(102)80-46-44-75(45-47-80)78-52-63-87(64-53-78)109(86-29-8-3-9-30-86)91-67-56-81(57-68-91)95-37-21-39-100-98-35-13-17-43-106(98)113-108(95)100/h1-72H. The van der Waals surface area contributed by atoms with Crippen LogP contribution in [0.4, 0.5) is 34.1 Å². The highest BCUT2D eigenvalue weighted by Crippen LogP contribution is 2.46. The summed E-state index contributed by atoms with van der Waals surface area (Å²) in [5.74, 6) is 0. The van der Waals surface area contributed by atoms with Crippen molar-refractivity contribution in [2.45, 2.75) is 0 Å². The molecule has 21 rings (SSSR count). The topological polar surface area (TPSA) is 29.5 Å². The molecule has 3 aromatic heterocycles. The van der Waals surface area contributed by atoms with Gasteiger partial charge in [-0.15, -0.1) is 0 Å². The predicted octanol–water partition coefficient (Wildman–Crippen LogP) is 30.1. The van der Waals surface area contributed by atoms with Crippen molar-refractivity contribution in [2.24, 2.45) is 0 Å². The SMILES string of the molecule is c1ccc(-c2ccc(N(c3ccc(-c4ccccc4)cc3)c3ccc(-c4cccc(-n5c6ccccc6c6cccc(-c7cccc(-c8ccc9c(c8)c8ccccc8n9-c8ccccc8-c8ccc(-c9ccc(N(c%10ccccc%10)c%10ccc(-c%11cccc%12c%11oc%11ccccc%11%12)cc%10)cc9)cc8)c7)c65)c4)cc3)cc2)cc1. The van der Waals surface area contributed by atoms with Crippen LogP contribution < -0.4 is 9.80 Å². The molecule has 0 aliphatic carbocycles. The molecule has 530 valence electrons. The van der Waals surface area contributed by atoms with E-state index in [4.69, 9.17) is 4.42 Å². The molecular weight excluding hydrogens is 1370 g/mol. The van der Waals surface area contributed by atoms with Crippen LogP contribution in [-0.4, -0.2) is 9.13 Å². The number of nitrogens with zero attached hydrogens (tertiary/aromatic N) is 4. The van der Waals surface area contributed by atoms with Crippen LogP contribution in [0.15, 0.2) is 441 Å². The first-order valence-electron chi connectivity index (χ1n) is 38.7. The van der Waals surface area contributed by atoms with Crippen LogP contribution in [0.1, 0.15) is 0 Å². The summed E-state index contributed by atoms with van der Waals surface area (Å²) < 4.78 is 11.4. The van der Waals surface area contributed by atoms with Gasteiger partial charge in [-0.05, 0) is 200 Å². The Balaban J connectivity index is 0.573. The summed E-state index contributed by atoms with van der Waals surface area (Å²) >= 11 is 0. The van der Waals surface area contributed by atoms with E-state index in [1.54, 1.807) is 0 Å². The Morgan fingerprint density at radius 3 is 1.14 bits per heavy atom. The number of para-hydroxylation sites is 7. The summed E-state index contributed by atoms with van der Waals surface area (Å²) in [4.78, 5) is 4.67. The molecule has 0 radical (unpaired) electrons. The van der Waals surface area contributed by atoms with Crippen molar-refractivity contribution < 1.29 is 4.42 Å². The zero-order valence-electron chi connectivity index (χ0n) is 61.8. The summed E-state index contributed by atoms with van der Waals surface area (Å²) in [6, 6.07) is 159. The quantitative estimate of drug-likeness (QED) is 0.0966. The van der Waals surface area contributed by atoms with Gasteiger partial charge in [-0.3, -0.25) is 0 Å². The number of hydrogen-bond acceptors (Lipinski definition) is 3. The predicted molar refractivity (Wildman–Crippen MR) is 475 cm³/mol. The first kappa shape index (κ1) is 66.2. The largest absolute Gasteiger partial charge is 0.455 e. The third-order valence-electron chi connectivity index (χ3n) is 22.6. The minimum Gasteiger partial charge on any atom is -0.455 e. The summed E-state index contributed by atoms with van der Waals surface area (Å²) in [7, 11) is 0. The number of fused-ring (bicyclic) bond motifs is 9. The third kappa shape index (κ3) is 12.0. The molecule has 5 nitrogen and oxygen atoms in total. The normalized spacial score (nSPS) is 11.5. The van der Waals surface area contributed by atoms with Gasteiger partial charge < -0.3 is 23.4 Å². The van der Waals surface area contributed by atoms with Crippen LogP contribution >= 0.6 is 0 Å². The Kier molecular flexibility index (Phi) is 16.5. The molecule has 0 saturated carbocycles. The number of furan rings is 1. The van der Waals surface area contributed by atoms with Crippen molar-refractivity contribution in [3.63, 3.8) is 0 Å². The second-order valence-corrected chi connectivity index (χ2v) is 29.1. The fraction of sp³-hybridized carbons (Fsp3) is 0. The molecule has 18 aromatic carbocycles. The second-order valence-electron chi connectivity index (χ2n) is 29.1. The van der Waals surface area contributed by atoms with Crippen LogP contribution in [0.2, 0.25) is 0 Å². The molecule has 0 unspecified atom stereocenters. The Bertz CT molecular complexity index is 7020. The van der Waals surface area contributed by atoms with Gasteiger partial charge in [0.2, 0.25) is 0 Å².